The van der Waals surface area contributed by atoms with E-state index >= 15 is 0 Å². The van der Waals surface area contributed by atoms with Gasteiger partial charge < -0.3 is 5.32 Å². The van der Waals surface area contributed by atoms with Crippen LogP contribution in [0.5, 0.6) is 0 Å². The van der Waals surface area contributed by atoms with Crippen molar-refractivity contribution in [1.29, 1.82) is 0 Å². The highest BCUT2D eigenvalue weighted by Crippen LogP contribution is 2.05. The molecular weight excluding hydrogens is 308 g/mol. The van der Waals surface area contributed by atoms with Crippen molar-refractivity contribution in [1.82, 2.24) is 19.8 Å². The van der Waals surface area contributed by atoms with Gasteiger partial charge in [-0.25, -0.2) is 9.36 Å². The lowest BCUT2D eigenvalue weighted by molar-refractivity contribution is 0.625. The van der Waals surface area contributed by atoms with Crippen molar-refractivity contribution in [3.8, 4) is 0 Å². The van der Waals surface area contributed by atoms with Crippen molar-refractivity contribution in [3.05, 3.63) is 71.8 Å². The predicted octanol–water partition coefficient (Wildman–Crippen LogP) is 1.96. The first kappa shape index (κ1) is 15.1. The molecule has 0 bridgehead atoms. The Kier molecular flexibility index (Phi) is 4.58. The number of tetrazole rings is 1. The van der Waals surface area contributed by atoms with Gasteiger partial charge in [-0.2, -0.15) is 4.99 Å². The van der Waals surface area contributed by atoms with Crippen LogP contribution in [0.15, 0.2) is 65.7 Å². The van der Waals surface area contributed by atoms with E-state index in [0.717, 1.165) is 11.3 Å². The summed E-state index contributed by atoms with van der Waals surface area (Å²) in [4.78, 5) is 4.43. The van der Waals surface area contributed by atoms with E-state index in [9.17, 15) is 0 Å². The molecule has 3 rings (SSSR count). The Hall–Kier alpha value is -2.80. The number of nitrogens with zero attached hydrogens (tertiary/aromatic N) is 5. The molecule has 0 unspecified atom stereocenters. The molecule has 116 valence electrons. The Morgan fingerprint density at radius 1 is 1.04 bits per heavy atom. The minimum atomic E-state index is 0.364. The van der Waals surface area contributed by atoms with Gasteiger partial charge in [-0.15, -0.1) is 0 Å². The van der Waals surface area contributed by atoms with Crippen LogP contribution in [-0.4, -0.2) is 24.9 Å². The summed E-state index contributed by atoms with van der Waals surface area (Å²) in [5, 5.41) is 11.6. The van der Waals surface area contributed by atoms with Crippen LogP contribution >= 0.6 is 12.2 Å². The predicted molar refractivity (Wildman–Crippen MR) is 92.8 cm³/mol. The molecule has 6 nitrogen and oxygen atoms in total. The Bertz CT molecular complexity index is 851. The molecule has 3 aromatic rings. The van der Waals surface area contributed by atoms with E-state index in [1.54, 1.807) is 16.4 Å². The van der Waals surface area contributed by atoms with E-state index in [2.05, 4.69) is 20.7 Å². The zero-order valence-electron chi connectivity index (χ0n) is 12.6. The lowest BCUT2D eigenvalue weighted by Crippen LogP contribution is -2.28. The Morgan fingerprint density at radius 2 is 1.70 bits per heavy atom. The number of benzene rings is 2. The van der Waals surface area contributed by atoms with Gasteiger partial charge in [-0.3, -0.25) is 0 Å². The van der Waals surface area contributed by atoms with E-state index in [-0.39, 0.29) is 0 Å². The molecule has 0 saturated carbocycles. The van der Waals surface area contributed by atoms with E-state index < -0.39 is 0 Å². The van der Waals surface area contributed by atoms with Gasteiger partial charge in [0.2, 0.25) is 10.7 Å². The van der Waals surface area contributed by atoms with Crippen molar-refractivity contribution >= 4 is 23.0 Å². The summed E-state index contributed by atoms with van der Waals surface area (Å²) in [7, 11) is 1.79. The minimum absolute atomic E-state index is 0.364. The van der Waals surface area contributed by atoms with E-state index in [0.29, 0.717) is 17.3 Å². The number of aryl methyl sites for hydroxylation is 1. The molecule has 23 heavy (non-hydrogen) atoms. The second-order valence-corrected chi connectivity index (χ2v) is 5.34. The average molecular weight is 324 g/mol. The summed E-state index contributed by atoms with van der Waals surface area (Å²) in [6.07, 6.45) is 0. The van der Waals surface area contributed by atoms with Crippen molar-refractivity contribution in [2.24, 2.45) is 12.0 Å². The summed E-state index contributed by atoms with van der Waals surface area (Å²) in [6, 6.07) is 19.7. The first-order valence-electron chi connectivity index (χ1n) is 7.14. The lowest BCUT2D eigenvalue weighted by atomic mass is 10.2. The first-order chi connectivity index (χ1) is 11.2. The zero-order valence-corrected chi connectivity index (χ0v) is 13.4. The Labute approximate surface area is 139 Å². The van der Waals surface area contributed by atoms with Crippen LogP contribution in [0, 0.1) is 0 Å². The van der Waals surface area contributed by atoms with Gasteiger partial charge in [-0.1, -0.05) is 48.5 Å². The molecule has 0 spiro atoms. The quantitative estimate of drug-likeness (QED) is 0.748. The van der Waals surface area contributed by atoms with Gasteiger partial charge in [0.1, 0.15) is 0 Å². The number of hydrogen-bond acceptors (Lipinski definition) is 3. The molecule has 0 saturated heterocycles. The molecule has 1 aromatic heterocycles. The standard InChI is InChI=1S/C16H16N6S/c1-21-16(18-15(23)17-14-10-6-3-7-11-14)22(20-19-21)12-13-8-4-2-5-9-13/h2-11H,12H2,1H3,(H,17,23)/b18-16+. The topological polar surface area (TPSA) is 60.0 Å². The SMILES string of the molecule is Cn1nnn(Cc2ccccc2)/c1=N/C(=S)Nc1ccccc1. The van der Waals surface area contributed by atoms with Crippen molar-refractivity contribution < 1.29 is 0 Å². The fourth-order valence-corrected chi connectivity index (χ4v) is 2.31. The van der Waals surface area contributed by atoms with Crippen LogP contribution in [0.25, 0.3) is 0 Å². The molecule has 1 N–H and O–H groups in total. The number of nitrogens with one attached hydrogen (secondary N) is 1. The monoisotopic (exact) mass is 324 g/mol. The van der Waals surface area contributed by atoms with Crippen LogP contribution < -0.4 is 10.9 Å². The smallest absolute Gasteiger partial charge is 0.248 e. The number of rotatable bonds is 3. The molecule has 0 amide bonds. The van der Waals surface area contributed by atoms with Gasteiger partial charge in [0.15, 0.2) is 0 Å². The Morgan fingerprint density at radius 3 is 2.39 bits per heavy atom. The number of hydrogen-bond donors (Lipinski definition) is 1. The molecule has 0 atom stereocenters. The molecule has 1 heterocycles. The van der Waals surface area contributed by atoms with Gasteiger partial charge in [0.25, 0.3) is 0 Å². The molecule has 0 aliphatic heterocycles. The first-order valence-corrected chi connectivity index (χ1v) is 7.55. The third-order valence-electron chi connectivity index (χ3n) is 3.20. The summed E-state index contributed by atoms with van der Waals surface area (Å²) in [5.41, 5.74) is 2.60. The van der Waals surface area contributed by atoms with Crippen molar-refractivity contribution in [2.75, 3.05) is 5.32 Å². The molecular formula is C16H16N6S. The van der Waals surface area contributed by atoms with Gasteiger partial charge in [0.05, 0.1) is 6.54 Å². The average Bonchev–Trinajstić information content (AvgIpc) is 2.90. The van der Waals surface area contributed by atoms with Gasteiger partial charge >= 0.3 is 0 Å². The maximum atomic E-state index is 5.31. The second kappa shape index (κ2) is 6.97. The lowest BCUT2D eigenvalue weighted by Gasteiger charge is -2.04. The zero-order chi connectivity index (χ0) is 16.1. The summed E-state index contributed by atoms with van der Waals surface area (Å²) in [6.45, 7) is 0.585. The van der Waals surface area contributed by atoms with Crippen LogP contribution in [0.1, 0.15) is 5.56 Å². The second-order valence-electron chi connectivity index (χ2n) is 4.95. The largest absolute Gasteiger partial charge is 0.331 e. The van der Waals surface area contributed by atoms with Crippen LogP contribution in [0.4, 0.5) is 5.69 Å². The maximum Gasteiger partial charge on any atom is 0.248 e. The highest BCUT2D eigenvalue weighted by molar-refractivity contribution is 7.80. The number of para-hydroxylation sites is 1. The van der Waals surface area contributed by atoms with Crippen molar-refractivity contribution in [3.63, 3.8) is 0 Å². The van der Waals surface area contributed by atoms with E-state index in [4.69, 9.17) is 12.2 Å². The summed E-state index contributed by atoms with van der Waals surface area (Å²) >= 11 is 5.31. The minimum Gasteiger partial charge on any atom is -0.331 e. The third-order valence-corrected chi connectivity index (χ3v) is 3.40. The number of thiocarbonyl (C=S) groups is 1. The normalized spacial score (nSPS) is 11.4. The summed E-state index contributed by atoms with van der Waals surface area (Å²) < 4.78 is 3.32. The highest BCUT2D eigenvalue weighted by Gasteiger charge is 2.04. The molecule has 0 aliphatic carbocycles. The van der Waals surface area contributed by atoms with Crippen LogP contribution in [-0.2, 0) is 13.6 Å². The van der Waals surface area contributed by atoms with Crippen LogP contribution in [0.2, 0.25) is 0 Å². The summed E-state index contributed by atoms with van der Waals surface area (Å²) in [5.74, 6) is 0. The van der Waals surface area contributed by atoms with Gasteiger partial charge in [0, 0.05) is 12.7 Å². The van der Waals surface area contributed by atoms with E-state index in [1.807, 2.05) is 60.7 Å². The maximum absolute atomic E-state index is 5.31. The fourth-order valence-electron chi connectivity index (χ4n) is 2.11. The molecule has 0 fully saturated rings. The Balaban J connectivity index is 1.84. The molecule has 0 radical (unpaired) electrons. The third kappa shape index (κ3) is 3.89. The van der Waals surface area contributed by atoms with Crippen molar-refractivity contribution in [2.45, 2.75) is 6.54 Å². The molecule has 7 heteroatoms. The molecule has 0 aliphatic rings. The molecule has 2 aromatic carbocycles. The van der Waals surface area contributed by atoms with E-state index in [1.165, 1.54) is 0 Å². The number of aromatic nitrogens is 4. The number of anilines is 1. The van der Waals surface area contributed by atoms with Gasteiger partial charge in [-0.05, 0) is 40.3 Å². The highest BCUT2D eigenvalue weighted by atomic mass is 32.1. The van der Waals surface area contributed by atoms with Crippen LogP contribution in [0.3, 0.4) is 0 Å². The fraction of sp³-hybridized carbons (Fsp3) is 0.125.